The molecule has 7 heteroatoms. The number of nitrogens with zero attached hydrogens (tertiary/aromatic N) is 4. The third-order valence-corrected chi connectivity index (χ3v) is 7.22. The standard InChI is InChI=1S/C25H29N5OS/c1-2-24(32-15-28-18-5-6-18)20-12-22(25(26)31)29-23-14-30(10-8-19(20)23)13-16-7-9-27-21(11-16)17-3-4-17/h2,7,9,11-12,15,17-18H,3-6,8,10,13-14H2,1H3,(H2,26,31)/b24-2-,28-15+. The molecule has 3 aliphatic rings. The van der Waals surface area contributed by atoms with Crippen LogP contribution in [0.15, 0.2) is 35.5 Å². The van der Waals surface area contributed by atoms with E-state index in [1.807, 2.05) is 24.7 Å². The molecule has 3 heterocycles. The summed E-state index contributed by atoms with van der Waals surface area (Å²) in [7, 11) is 0. The van der Waals surface area contributed by atoms with Gasteiger partial charge in [0.15, 0.2) is 0 Å². The fraction of sp³-hybridized carbons (Fsp3) is 0.440. The highest BCUT2D eigenvalue weighted by molar-refractivity contribution is 8.20. The topological polar surface area (TPSA) is 84.5 Å². The number of thioether (sulfide) groups is 1. The first-order chi connectivity index (χ1) is 15.6. The van der Waals surface area contributed by atoms with Gasteiger partial charge in [0.2, 0.25) is 0 Å². The van der Waals surface area contributed by atoms with E-state index in [1.165, 1.54) is 42.5 Å². The van der Waals surface area contributed by atoms with Crippen molar-refractivity contribution in [2.45, 2.75) is 64.1 Å². The summed E-state index contributed by atoms with van der Waals surface area (Å²) in [5.41, 5.74) is 13.7. The third-order valence-electron chi connectivity index (χ3n) is 6.29. The molecule has 6 nitrogen and oxygen atoms in total. The predicted octanol–water partition coefficient (Wildman–Crippen LogP) is 4.30. The summed E-state index contributed by atoms with van der Waals surface area (Å²) >= 11 is 1.62. The van der Waals surface area contributed by atoms with Crippen molar-refractivity contribution in [3.8, 4) is 0 Å². The van der Waals surface area contributed by atoms with E-state index in [9.17, 15) is 4.79 Å². The Hall–Kier alpha value is -2.51. The summed E-state index contributed by atoms with van der Waals surface area (Å²) in [6, 6.07) is 6.71. The van der Waals surface area contributed by atoms with Gasteiger partial charge < -0.3 is 5.73 Å². The smallest absolute Gasteiger partial charge is 0.267 e. The zero-order valence-electron chi connectivity index (χ0n) is 18.5. The molecule has 0 spiro atoms. The maximum atomic E-state index is 12.0. The number of aliphatic imine (C=N–C) groups is 1. The van der Waals surface area contributed by atoms with Crippen molar-refractivity contribution >= 4 is 28.1 Å². The second kappa shape index (κ2) is 9.16. The second-order valence-electron chi connectivity index (χ2n) is 8.92. The highest BCUT2D eigenvalue weighted by Crippen LogP contribution is 2.39. The minimum absolute atomic E-state index is 0.333. The summed E-state index contributed by atoms with van der Waals surface area (Å²) in [5, 5.41) is 0. The van der Waals surface area contributed by atoms with Crippen molar-refractivity contribution in [1.82, 2.24) is 14.9 Å². The van der Waals surface area contributed by atoms with Crippen LogP contribution < -0.4 is 5.73 Å². The van der Waals surface area contributed by atoms with Crippen LogP contribution in [-0.4, -0.2) is 38.9 Å². The first-order valence-corrected chi connectivity index (χ1v) is 12.3. The Morgan fingerprint density at radius 1 is 1.31 bits per heavy atom. The fourth-order valence-electron chi connectivity index (χ4n) is 4.21. The van der Waals surface area contributed by atoms with Gasteiger partial charge in [0.1, 0.15) is 5.69 Å². The average molecular weight is 448 g/mol. The number of nitrogens with two attached hydrogens (primary N) is 1. The van der Waals surface area contributed by atoms with Crippen LogP contribution in [0.3, 0.4) is 0 Å². The van der Waals surface area contributed by atoms with Gasteiger partial charge in [0, 0.05) is 42.3 Å². The van der Waals surface area contributed by atoms with Crippen LogP contribution in [0, 0.1) is 0 Å². The van der Waals surface area contributed by atoms with Crippen LogP contribution in [0.1, 0.15) is 77.1 Å². The van der Waals surface area contributed by atoms with E-state index in [0.29, 0.717) is 24.2 Å². The number of pyridine rings is 2. The van der Waals surface area contributed by atoms with Gasteiger partial charge >= 0.3 is 0 Å². The number of hydrogen-bond acceptors (Lipinski definition) is 6. The Labute approximate surface area is 193 Å². The lowest BCUT2D eigenvalue weighted by Gasteiger charge is -2.30. The van der Waals surface area contributed by atoms with Gasteiger partial charge in [-0.1, -0.05) is 17.8 Å². The largest absolute Gasteiger partial charge is 0.364 e. The molecule has 2 N–H and O–H groups in total. The van der Waals surface area contributed by atoms with E-state index in [2.05, 4.69) is 38.1 Å². The van der Waals surface area contributed by atoms with E-state index in [1.54, 1.807) is 11.8 Å². The quantitative estimate of drug-likeness (QED) is 0.482. The zero-order chi connectivity index (χ0) is 22.1. The molecule has 0 saturated heterocycles. The Balaban J connectivity index is 1.38. The molecular weight excluding hydrogens is 418 g/mol. The van der Waals surface area contributed by atoms with E-state index in [4.69, 9.17) is 5.73 Å². The van der Waals surface area contributed by atoms with Gasteiger partial charge in [0.05, 0.1) is 17.3 Å². The minimum Gasteiger partial charge on any atom is -0.364 e. The molecule has 1 aliphatic heterocycles. The van der Waals surface area contributed by atoms with Gasteiger partial charge in [-0.25, -0.2) is 4.98 Å². The molecule has 2 aliphatic carbocycles. The first kappa shape index (κ1) is 21.3. The number of allylic oxidation sites excluding steroid dienone is 1. The van der Waals surface area contributed by atoms with Crippen LogP contribution in [-0.2, 0) is 19.5 Å². The number of fused-ring (bicyclic) bond motifs is 1. The normalized spacial score (nSPS) is 19.3. The number of hydrogen-bond donors (Lipinski definition) is 1. The lowest BCUT2D eigenvalue weighted by atomic mass is 9.97. The molecule has 5 rings (SSSR count). The monoisotopic (exact) mass is 447 g/mol. The van der Waals surface area contributed by atoms with Crippen molar-refractivity contribution in [3.63, 3.8) is 0 Å². The molecule has 166 valence electrons. The molecule has 0 atom stereocenters. The van der Waals surface area contributed by atoms with Gasteiger partial charge in [-0.15, -0.1) is 0 Å². The van der Waals surface area contributed by atoms with Crippen molar-refractivity contribution in [1.29, 1.82) is 0 Å². The Morgan fingerprint density at radius 3 is 2.88 bits per heavy atom. The van der Waals surface area contributed by atoms with Crippen molar-refractivity contribution in [3.05, 3.63) is 64.2 Å². The Kier molecular flexibility index (Phi) is 6.11. The number of amides is 1. The zero-order valence-corrected chi connectivity index (χ0v) is 19.3. The molecule has 1 amide bonds. The van der Waals surface area contributed by atoms with Crippen molar-refractivity contribution in [2.24, 2.45) is 10.7 Å². The van der Waals surface area contributed by atoms with Crippen LogP contribution in [0.25, 0.3) is 4.91 Å². The van der Waals surface area contributed by atoms with Crippen LogP contribution in [0.2, 0.25) is 0 Å². The highest BCUT2D eigenvalue weighted by atomic mass is 32.2. The van der Waals surface area contributed by atoms with Crippen LogP contribution in [0.5, 0.6) is 0 Å². The summed E-state index contributed by atoms with van der Waals surface area (Å²) in [5.74, 6) is 0.168. The summed E-state index contributed by atoms with van der Waals surface area (Å²) in [4.78, 5) is 29.3. The molecule has 2 aromatic rings. The van der Waals surface area contributed by atoms with Gasteiger partial charge in [-0.2, -0.15) is 0 Å². The molecule has 0 radical (unpaired) electrons. The minimum atomic E-state index is -0.485. The molecule has 2 saturated carbocycles. The highest BCUT2D eigenvalue weighted by Gasteiger charge is 2.27. The SMILES string of the molecule is C/C=C(\S/C=N/C1CC1)c1cc(C(N)=O)nc2c1CCN(Cc1ccnc(C3CC3)c1)C2. The molecular formula is C25H29N5OS. The maximum absolute atomic E-state index is 12.0. The predicted molar refractivity (Wildman–Crippen MR) is 130 cm³/mol. The first-order valence-electron chi connectivity index (χ1n) is 11.5. The van der Waals surface area contributed by atoms with Gasteiger partial charge in [-0.3, -0.25) is 19.7 Å². The third kappa shape index (κ3) is 4.94. The molecule has 2 fully saturated rings. The number of primary amides is 1. The molecule has 0 unspecified atom stereocenters. The number of rotatable bonds is 8. The summed E-state index contributed by atoms with van der Waals surface area (Å²) in [6.45, 7) is 4.55. The number of aromatic nitrogens is 2. The number of carbonyl (C=O) groups excluding carboxylic acids is 1. The van der Waals surface area contributed by atoms with Crippen LogP contribution in [0.4, 0.5) is 0 Å². The lowest BCUT2D eigenvalue weighted by Crippen LogP contribution is -2.32. The maximum Gasteiger partial charge on any atom is 0.267 e. The van der Waals surface area contributed by atoms with E-state index < -0.39 is 5.91 Å². The molecule has 0 bridgehead atoms. The van der Waals surface area contributed by atoms with Gasteiger partial charge in [0.25, 0.3) is 5.91 Å². The number of carbonyl (C=O) groups is 1. The van der Waals surface area contributed by atoms with Crippen molar-refractivity contribution in [2.75, 3.05) is 6.54 Å². The van der Waals surface area contributed by atoms with Crippen molar-refractivity contribution < 1.29 is 4.79 Å². The molecule has 32 heavy (non-hydrogen) atoms. The average Bonchev–Trinajstić information content (AvgIpc) is 3.70. The summed E-state index contributed by atoms with van der Waals surface area (Å²) < 4.78 is 0. The molecule has 2 aromatic heterocycles. The Morgan fingerprint density at radius 2 is 2.16 bits per heavy atom. The Bertz CT molecular complexity index is 1090. The van der Waals surface area contributed by atoms with E-state index >= 15 is 0 Å². The summed E-state index contributed by atoms with van der Waals surface area (Å²) in [6.07, 6.45) is 9.81. The van der Waals surface area contributed by atoms with E-state index in [0.717, 1.165) is 35.7 Å². The lowest BCUT2D eigenvalue weighted by molar-refractivity contribution is 0.0994. The van der Waals surface area contributed by atoms with Crippen LogP contribution >= 0.6 is 11.8 Å². The van der Waals surface area contributed by atoms with E-state index in [-0.39, 0.29) is 0 Å². The molecule has 0 aromatic carbocycles. The fourth-order valence-corrected chi connectivity index (χ4v) is 5.00. The second-order valence-corrected chi connectivity index (χ2v) is 9.81. The van der Waals surface area contributed by atoms with Gasteiger partial charge in [-0.05, 0) is 73.9 Å².